The molecule has 5 rings (SSSR count). The second-order valence-corrected chi connectivity index (χ2v) is 13.4. The average Bonchev–Trinajstić information content (AvgIpc) is 3.58. The number of carbonyl (C=O) groups is 3. The maximum atomic E-state index is 14.6. The summed E-state index contributed by atoms with van der Waals surface area (Å²) >= 11 is 5.83. The summed E-state index contributed by atoms with van der Waals surface area (Å²) in [7, 11) is -3.52. The molecule has 0 spiro atoms. The molecule has 1 saturated heterocycles. The van der Waals surface area contributed by atoms with E-state index in [2.05, 4.69) is 5.32 Å². The normalized spacial score (nSPS) is 17.9. The summed E-state index contributed by atoms with van der Waals surface area (Å²) in [5.41, 5.74) is 0.975. The molecule has 44 heavy (non-hydrogen) atoms. The largest absolute Gasteiger partial charge is 0.350 e. The molecule has 0 bridgehead atoms. The van der Waals surface area contributed by atoms with Gasteiger partial charge in [0.2, 0.25) is 11.8 Å². The van der Waals surface area contributed by atoms with E-state index in [9.17, 15) is 27.7 Å². The number of benzene rings is 3. The number of rotatable bonds is 10. The number of hydrogen-bond acceptors (Lipinski definition) is 5. The predicted octanol–water partition coefficient (Wildman–Crippen LogP) is 5.16. The highest BCUT2D eigenvalue weighted by Crippen LogP contribution is 2.45. The van der Waals surface area contributed by atoms with E-state index in [1.54, 1.807) is 60.0 Å². The zero-order chi connectivity index (χ0) is 31.6. The highest BCUT2D eigenvalue weighted by atomic mass is 35.5. The summed E-state index contributed by atoms with van der Waals surface area (Å²) in [6.07, 6.45) is -0.108. The maximum absolute atomic E-state index is 14.6. The average molecular weight is 642 g/mol. The topological polar surface area (TPSA) is 97.7 Å². The molecule has 1 N–H and O–H groups in total. The first kappa shape index (κ1) is 31.6. The summed E-state index contributed by atoms with van der Waals surface area (Å²) in [5.74, 6) is -2.07. The van der Waals surface area contributed by atoms with Crippen LogP contribution >= 0.6 is 19.0 Å². The molecular formula is C32H31ClF2N3O5P. The number of nitrogens with zero attached hydrogens (tertiary/aromatic N) is 2. The van der Waals surface area contributed by atoms with E-state index in [-0.39, 0.29) is 49.0 Å². The van der Waals surface area contributed by atoms with Crippen molar-refractivity contribution in [2.45, 2.75) is 45.6 Å². The van der Waals surface area contributed by atoms with Gasteiger partial charge >= 0.3 is 0 Å². The van der Waals surface area contributed by atoms with Crippen LogP contribution in [0.2, 0.25) is 5.02 Å². The molecule has 1 unspecified atom stereocenters. The van der Waals surface area contributed by atoms with Gasteiger partial charge in [0.05, 0.1) is 23.7 Å². The van der Waals surface area contributed by atoms with Gasteiger partial charge in [0.1, 0.15) is 24.6 Å². The number of alkyl halides is 1. The maximum Gasteiger partial charge on any atom is 0.261 e. The first-order chi connectivity index (χ1) is 21.0. The lowest BCUT2D eigenvalue weighted by Crippen LogP contribution is -2.46. The fourth-order valence-corrected chi connectivity index (χ4v) is 7.79. The van der Waals surface area contributed by atoms with E-state index >= 15 is 0 Å². The van der Waals surface area contributed by atoms with Crippen LogP contribution in [0.4, 0.5) is 8.78 Å². The summed E-state index contributed by atoms with van der Waals surface area (Å²) in [4.78, 5) is 40.3. The third kappa shape index (κ3) is 6.20. The van der Waals surface area contributed by atoms with Gasteiger partial charge in [-0.05, 0) is 44.2 Å². The number of likely N-dealkylation sites (tertiary alicyclic amines) is 1. The van der Waals surface area contributed by atoms with Gasteiger partial charge in [-0.25, -0.2) is 8.78 Å². The highest BCUT2D eigenvalue weighted by molar-refractivity contribution is 7.74. The van der Waals surface area contributed by atoms with Crippen LogP contribution in [0.5, 0.6) is 0 Å². The highest BCUT2D eigenvalue weighted by Gasteiger charge is 2.40. The molecule has 2 amide bonds. The molecular weight excluding hydrogens is 611 g/mol. The third-order valence-electron chi connectivity index (χ3n) is 7.66. The minimum Gasteiger partial charge on any atom is -0.350 e. The van der Waals surface area contributed by atoms with Crippen molar-refractivity contribution in [2.75, 3.05) is 13.2 Å². The molecule has 2 heterocycles. The third-order valence-corrected chi connectivity index (χ3v) is 10.5. The van der Waals surface area contributed by atoms with Gasteiger partial charge in [-0.2, -0.15) is 0 Å². The van der Waals surface area contributed by atoms with Crippen molar-refractivity contribution in [1.82, 2.24) is 14.8 Å². The van der Waals surface area contributed by atoms with Crippen molar-refractivity contribution in [1.29, 1.82) is 0 Å². The Morgan fingerprint density at radius 3 is 2.52 bits per heavy atom. The van der Waals surface area contributed by atoms with Crippen molar-refractivity contribution in [2.24, 2.45) is 0 Å². The fraction of sp³-hybridized carbons (Fsp3) is 0.281. The number of ketones is 1. The number of Topliss-reactive ketones (excluding diaryl/α,β-unsaturated/α-hetero) is 1. The van der Waals surface area contributed by atoms with Crippen molar-refractivity contribution >= 4 is 58.1 Å². The lowest BCUT2D eigenvalue weighted by atomic mass is 10.1. The number of hydrogen-bond donors (Lipinski definition) is 1. The number of aromatic nitrogens is 1. The summed E-state index contributed by atoms with van der Waals surface area (Å²) in [6, 6.07) is 17.0. The molecule has 230 valence electrons. The van der Waals surface area contributed by atoms with E-state index in [1.807, 2.05) is 6.07 Å². The van der Waals surface area contributed by atoms with Crippen LogP contribution in [-0.4, -0.2) is 52.4 Å². The molecule has 3 aromatic carbocycles. The predicted molar refractivity (Wildman–Crippen MR) is 165 cm³/mol. The minimum absolute atomic E-state index is 0.0911. The Balaban J connectivity index is 1.44. The molecule has 8 nitrogen and oxygen atoms in total. The fourth-order valence-electron chi connectivity index (χ4n) is 5.51. The molecule has 1 fully saturated rings. The van der Waals surface area contributed by atoms with Gasteiger partial charge in [0, 0.05) is 46.3 Å². The molecule has 1 aromatic heterocycles. The van der Waals surface area contributed by atoms with Gasteiger partial charge in [0.15, 0.2) is 5.78 Å². The Kier molecular flexibility index (Phi) is 9.34. The van der Waals surface area contributed by atoms with Gasteiger partial charge in [-0.1, -0.05) is 48.0 Å². The van der Waals surface area contributed by atoms with Gasteiger partial charge in [-0.15, -0.1) is 0 Å². The molecule has 1 aliphatic rings. The smallest absolute Gasteiger partial charge is 0.261 e. The molecule has 3 atom stereocenters. The van der Waals surface area contributed by atoms with Crippen molar-refractivity contribution in [3.05, 3.63) is 94.9 Å². The molecule has 4 aromatic rings. The molecule has 1 aliphatic heterocycles. The first-order valence-corrected chi connectivity index (χ1v) is 16.1. The zero-order valence-corrected chi connectivity index (χ0v) is 25.8. The van der Waals surface area contributed by atoms with Gasteiger partial charge in [0.25, 0.3) is 7.37 Å². The minimum atomic E-state index is -3.52. The molecule has 0 radical (unpaired) electrons. The molecule has 0 aliphatic carbocycles. The number of carbonyl (C=O) groups excluding carboxylic acids is 3. The second kappa shape index (κ2) is 13.0. The van der Waals surface area contributed by atoms with E-state index in [1.165, 1.54) is 25.3 Å². The molecule has 0 saturated carbocycles. The van der Waals surface area contributed by atoms with Crippen LogP contribution < -0.4 is 15.9 Å². The quantitative estimate of drug-likeness (QED) is 0.191. The monoisotopic (exact) mass is 641 g/mol. The Labute approximate surface area is 258 Å². The Morgan fingerprint density at radius 1 is 1.07 bits per heavy atom. The second-order valence-electron chi connectivity index (χ2n) is 10.6. The van der Waals surface area contributed by atoms with Crippen LogP contribution in [0.25, 0.3) is 10.9 Å². The number of amides is 2. The number of fused-ring (bicyclic) bond motifs is 1. The van der Waals surface area contributed by atoms with E-state index < -0.39 is 37.2 Å². The van der Waals surface area contributed by atoms with Crippen LogP contribution in [0, 0.1) is 5.82 Å². The summed E-state index contributed by atoms with van der Waals surface area (Å²) < 4.78 is 50.5. The van der Waals surface area contributed by atoms with Crippen LogP contribution in [0.1, 0.15) is 36.2 Å². The van der Waals surface area contributed by atoms with Crippen molar-refractivity contribution in [3.8, 4) is 0 Å². The van der Waals surface area contributed by atoms with E-state index in [0.717, 1.165) is 4.90 Å². The lowest BCUT2D eigenvalue weighted by molar-refractivity contribution is -0.139. The Morgan fingerprint density at radius 2 is 1.82 bits per heavy atom. The summed E-state index contributed by atoms with van der Waals surface area (Å²) in [5, 5.41) is 3.93. The Hall–Kier alpha value is -3.85. The number of nitrogens with one attached hydrogen (secondary N) is 1. The summed E-state index contributed by atoms with van der Waals surface area (Å²) in [6.45, 7) is 2.55. The van der Waals surface area contributed by atoms with Crippen LogP contribution in [-0.2, 0) is 31.8 Å². The first-order valence-electron chi connectivity index (χ1n) is 14.1. The van der Waals surface area contributed by atoms with Crippen molar-refractivity contribution < 1.29 is 32.3 Å². The SMILES string of the molecule is CCOP(=O)(c1ccccc1)c1ccc2c(C(C)=O)cn(CC(=O)N3C[C@H](F)C[C@H]3C(=O)NCc3cccc(Cl)c3F)c2c1. The standard InChI is InChI=1S/C32H31ClF2N3O5P/c1-3-43-44(42,23-9-5-4-6-10-23)24-12-13-25-26(20(2)39)18-37(28(25)15-24)19-30(40)38-17-22(34)14-29(38)32(41)36-16-21-8-7-11-27(33)31(21)35/h4-13,15,18,22,29H,3,14,16-17,19H2,1-2H3,(H,36,41)/t22-,29+,44?/m1/s1. The van der Waals surface area contributed by atoms with Crippen LogP contribution in [0.15, 0.2) is 72.9 Å². The molecule has 12 heteroatoms. The van der Waals surface area contributed by atoms with E-state index in [0.29, 0.717) is 27.1 Å². The lowest BCUT2D eigenvalue weighted by Gasteiger charge is -2.24. The van der Waals surface area contributed by atoms with Gasteiger partial charge < -0.3 is 19.3 Å². The van der Waals surface area contributed by atoms with Gasteiger partial charge in [-0.3, -0.25) is 18.9 Å². The Bertz CT molecular complexity index is 1780. The van der Waals surface area contributed by atoms with E-state index in [4.69, 9.17) is 16.1 Å². The van der Waals surface area contributed by atoms with Crippen LogP contribution in [0.3, 0.4) is 0 Å². The zero-order valence-electron chi connectivity index (χ0n) is 24.1. The van der Waals surface area contributed by atoms with Crippen molar-refractivity contribution in [3.63, 3.8) is 0 Å². The number of halogens is 3.